The Bertz CT molecular complexity index is 704. The maximum Gasteiger partial charge on any atom is 0.371 e. The number of carboxylic acid groups (broad SMARTS) is 1. The number of hydrogen-bond donors (Lipinski definition) is 2. The van der Waals surface area contributed by atoms with Crippen molar-refractivity contribution in [2.45, 2.75) is 18.4 Å². The van der Waals surface area contributed by atoms with Gasteiger partial charge < -0.3 is 9.52 Å². The van der Waals surface area contributed by atoms with E-state index in [1.807, 2.05) is 0 Å². The van der Waals surface area contributed by atoms with Gasteiger partial charge in [-0.1, -0.05) is 5.21 Å². The van der Waals surface area contributed by atoms with Gasteiger partial charge in [0.15, 0.2) is 0 Å². The Morgan fingerprint density at radius 1 is 1.55 bits per heavy atom. The standard InChI is InChI=1S/C10H12N4O5S/c1-7-9(6-8(19-7)10(15)16)20(17,18)12-3-5-14-4-2-11-13-14/h2,4,6,12H,3,5H2,1H3,(H,15,16). The van der Waals surface area contributed by atoms with Gasteiger partial charge in [-0.2, -0.15) is 0 Å². The maximum absolute atomic E-state index is 12.0. The third kappa shape index (κ3) is 3.03. The highest BCUT2D eigenvalue weighted by atomic mass is 32.2. The Balaban J connectivity index is 2.08. The summed E-state index contributed by atoms with van der Waals surface area (Å²) < 4.78 is 32.7. The summed E-state index contributed by atoms with van der Waals surface area (Å²) in [4.78, 5) is 10.5. The summed E-state index contributed by atoms with van der Waals surface area (Å²) in [5, 5.41) is 16.0. The van der Waals surface area contributed by atoms with Crippen LogP contribution in [0.25, 0.3) is 0 Å². The second-order valence-corrected chi connectivity index (χ2v) is 5.64. The Hall–Kier alpha value is -2.20. The molecule has 0 aliphatic rings. The minimum absolute atomic E-state index is 0.0238. The van der Waals surface area contributed by atoms with Crippen LogP contribution < -0.4 is 4.72 Å². The van der Waals surface area contributed by atoms with Gasteiger partial charge in [0.1, 0.15) is 10.7 Å². The van der Waals surface area contributed by atoms with E-state index in [1.54, 1.807) is 6.20 Å². The minimum atomic E-state index is -3.83. The van der Waals surface area contributed by atoms with E-state index < -0.39 is 21.8 Å². The lowest BCUT2D eigenvalue weighted by Gasteiger charge is -2.05. The first-order valence-corrected chi connectivity index (χ1v) is 7.06. The monoisotopic (exact) mass is 300 g/mol. The Morgan fingerprint density at radius 3 is 2.85 bits per heavy atom. The van der Waals surface area contributed by atoms with E-state index in [1.165, 1.54) is 17.8 Å². The Labute approximate surface area is 114 Å². The van der Waals surface area contributed by atoms with E-state index in [9.17, 15) is 13.2 Å². The summed E-state index contributed by atoms with van der Waals surface area (Å²) in [5.74, 6) is -1.72. The number of nitrogens with one attached hydrogen (secondary N) is 1. The highest BCUT2D eigenvalue weighted by Gasteiger charge is 2.23. The largest absolute Gasteiger partial charge is 0.475 e. The van der Waals surface area contributed by atoms with Crippen molar-refractivity contribution in [1.29, 1.82) is 0 Å². The van der Waals surface area contributed by atoms with Gasteiger partial charge in [-0.05, 0) is 6.92 Å². The molecule has 0 aromatic carbocycles. The van der Waals surface area contributed by atoms with E-state index in [-0.39, 0.29) is 17.2 Å². The van der Waals surface area contributed by atoms with Crippen LogP contribution >= 0.6 is 0 Å². The molecule has 2 aromatic heterocycles. The van der Waals surface area contributed by atoms with Crippen molar-refractivity contribution in [3.63, 3.8) is 0 Å². The molecule has 0 atom stereocenters. The topological polar surface area (TPSA) is 127 Å². The zero-order valence-corrected chi connectivity index (χ0v) is 11.3. The third-order valence-electron chi connectivity index (χ3n) is 2.48. The molecule has 2 rings (SSSR count). The van der Waals surface area contributed by atoms with Crippen LogP contribution in [0, 0.1) is 6.92 Å². The van der Waals surface area contributed by atoms with Crippen molar-refractivity contribution in [3.8, 4) is 0 Å². The van der Waals surface area contributed by atoms with Gasteiger partial charge in [0.25, 0.3) is 0 Å². The fraction of sp³-hybridized carbons (Fsp3) is 0.300. The molecule has 9 nitrogen and oxygen atoms in total. The van der Waals surface area contributed by atoms with Crippen LogP contribution in [0.1, 0.15) is 16.3 Å². The van der Waals surface area contributed by atoms with E-state index in [0.717, 1.165) is 6.07 Å². The molecule has 0 unspecified atom stereocenters. The molecule has 0 fully saturated rings. The quantitative estimate of drug-likeness (QED) is 0.759. The molecule has 0 bridgehead atoms. The van der Waals surface area contributed by atoms with Crippen molar-refractivity contribution in [2.75, 3.05) is 6.54 Å². The van der Waals surface area contributed by atoms with E-state index in [2.05, 4.69) is 15.0 Å². The van der Waals surface area contributed by atoms with Gasteiger partial charge in [0, 0.05) is 18.8 Å². The van der Waals surface area contributed by atoms with E-state index in [4.69, 9.17) is 9.52 Å². The zero-order valence-electron chi connectivity index (χ0n) is 10.5. The van der Waals surface area contributed by atoms with Crippen molar-refractivity contribution < 1.29 is 22.7 Å². The fourth-order valence-corrected chi connectivity index (χ4v) is 2.76. The van der Waals surface area contributed by atoms with Crippen LogP contribution in [-0.2, 0) is 16.6 Å². The number of aromatic nitrogens is 3. The molecule has 2 N–H and O–H groups in total. The number of hydrogen-bond acceptors (Lipinski definition) is 6. The van der Waals surface area contributed by atoms with Crippen LogP contribution in [0.15, 0.2) is 27.8 Å². The molecule has 2 heterocycles. The van der Waals surface area contributed by atoms with Gasteiger partial charge in [-0.3, -0.25) is 4.68 Å². The Morgan fingerprint density at radius 2 is 2.30 bits per heavy atom. The highest BCUT2D eigenvalue weighted by molar-refractivity contribution is 7.89. The molecule has 0 saturated carbocycles. The number of nitrogens with zero attached hydrogens (tertiary/aromatic N) is 3. The van der Waals surface area contributed by atoms with Crippen molar-refractivity contribution in [1.82, 2.24) is 19.7 Å². The Kier molecular flexibility index (Phi) is 3.86. The number of carboxylic acids is 1. The van der Waals surface area contributed by atoms with Crippen LogP contribution in [-0.4, -0.2) is 41.0 Å². The lowest BCUT2D eigenvalue weighted by molar-refractivity contribution is 0.0661. The first kappa shape index (κ1) is 14.2. The lowest BCUT2D eigenvalue weighted by atomic mass is 10.4. The summed E-state index contributed by atoms with van der Waals surface area (Å²) in [7, 11) is -3.83. The van der Waals surface area contributed by atoms with Crippen LogP contribution in [0.4, 0.5) is 0 Å². The van der Waals surface area contributed by atoms with E-state index >= 15 is 0 Å². The first-order valence-electron chi connectivity index (χ1n) is 5.57. The highest BCUT2D eigenvalue weighted by Crippen LogP contribution is 2.19. The number of aryl methyl sites for hydroxylation is 1. The molecule has 0 spiro atoms. The molecule has 108 valence electrons. The number of furan rings is 1. The summed E-state index contributed by atoms with van der Waals surface area (Å²) in [6.07, 6.45) is 3.08. The lowest BCUT2D eigenvalue weighted by Crippen LogP contribution is -2.27. The predicted octanol–water partition coefficient (Wildman–Crippen LogP) is -0.144. The second kappa shape index (κ2) is 5.43. The summed E-state index contributed by atoms with van der Waals surface area (Å²) in [5.41, 5.74) is 0. The maximum atomic E-state index is 12.0. The average molecular weight is 300 g/mol. The zero-order chi connectivity index (χ0) is 14.8. The van der Waals surface area contributed by atoms with Crippen LogP contribution in [0.2, 0.25) is 0 Å². The normalized spacial score (nSPS) is 11.7. The van der Waals surface area contributed by atoms with Crippen LogP contribution in [0.5, 0.6) is 0 Å². The summed E-state index contributed by atoms with van der Waals surface area (Å²) >= 11 is 0. The number of rotatable bonds is 6. The van der Waals surface area contributed by atoms with Gasteiger partial charge in [-0.25, -0.2) is 17.9 Å². The molecule has 10 heteroatoms. The molecule has 0 radical (unpaired) electrons. The SMILES string of the molecule is Cc1oc(C(=O)O)cc1S(=O)(=O)NCCn1ccnn1. The van der Waals surface area contributed by atoms with Gasteiger partial charge in [-0.15, -0.1) is 5.10 Å². The molecule has 0 aliphatic carbocycles. The number of aromatic carboxylic acids is 1. The fourth-order valence-electron chi connectivity index (χ4n) is 1.56. The number of carbonyl (C=O) groups is 1. The molecule has 20 heavy (non-hydrogen) atoms. The molecule has 0 saturated heterocycles. The van der Waals surface area contributed by atoms with Crippen LogP contribution in [0.3, 0.4) is 0 Å². The molecule has 2 aromatic rings. The molecule has 0 amide bonds. The van der Waals surface area contributed by atoms with Crippen molar-refractivity contribution >= 4 is 16.0 Å². The second-order valence-electron chi connectivity index (χ2n) is 3.90. The van der Waals surface area contributed by atoms with Crippen molar-refractivity contribution in [2.24, 2.45) is 0 Å². The van der Waals surface area contributed by atoms with Gasteiger partial charge >= 0.3 is 5.97 Å². The average Bonchev–Trinajstić information content (AvgIpc) is 2.98. The smallest absolute Gasteiger partial charge is 0.371 e. The third-order valence-corrected chi connectivity index (χ3v) is 4.05. The molecular formula is C10H12N4O5S. The predicted molar refractivity (Wildman–Crippen MR) is 65.6 cm³/mol. The summed E-state index contributed by atoms with van der Waals surface area (Å²) in [6.45, 7) is 1.79. The van der Waals surface area contributed by atoms with E-state index in [0.29, 0.717) is 6.54 Å². The van der Waals surface area contributed by atoms with Gasteiger partial charge in [0.2, 0.25) is 15.8 Å². The minimum Gasteiger partial charge on any atom is -0.475 e. The summed E-state index contributed by atoms with van der Waals surface area (Å²) in [6, 6.07) is 0.982. The molecule has 0 aliphatic heterocycles. The van der Waals surface area contributed by atoms with Gasteiger partial charge in [0.05, 0.1) is 12.7 Å². The number of sulfonamides is 1. The van der Waals surface area contributed by atoms with Crippen molar-refractivity contribution in [3.05, 3.63) is 30.0 Å². The molecular weight excluding hydrogens is 288 g/mol. The first-order chi connectivity index (χ1) is 9.40.